The number of methoxy groups -OCH3 is 1. The Labute approximate surface area is 126 Å². The number of benzene rings is 2. The Morgan fingerprint density at radius 3 is 2.62 bits per heavy atom. The Hall–Kier alpha value is -2.07. The molecule has 0 aliphatic heterocycles. The Bertz CT molecular complexity index is 768. The summed E-state index contributed by atoms with van der Waals surface area (Å²) >= 11 is 5.99. The number of alkyl halides is 1. The summed E-state index contributed by atoms with van der Waals surface area (Å²) in [6, 6.07) is 12.2. The van der Waals surface area contributed by atoms with Crippen LogP contribution in [0.2, 0.25) is 0 Å². The van der Waals surface area contributed by atoms with Crippen LogP contribution in [0.4, 0.5) is 4.39 Å². The van der Waals surface area contributed by atoms with Crippen LogP contribution in [-0.2, 0) is 12.4 Å². The first-order valence-electron chi connectivity index (χ1n) is 6.55. The second kappa shape index (κ2) is 5.74. The lowest BCUT2D eigenvalue weighted by Gasteiger charge is -2.08. The highest BCUT2D eigenvalue weighted by Gasteiger charge is 2.11. The van der Waals surface area contributed by atoms with E-state index in [1.165, 1.54) is 12.1 Å². The van der Waals surface area contributed by atoms with Crippen molar-refractivity contribution in [3.05, 3.63) is 59.7 Å². The van der Waals surface area contributed by atoms with Crippen molar-refractivity contribution in [3.63, 3.8) is 0 Å². The molecule has 0 spiro atoms. The summed E-state index contributed by atoms with van der Waals surface area (Å²) in [4.78, 5) is 4.53. The molecule has 1 heterocycles. The van der Waals surface area contributed by atoms with Gasteiger partial charge in [0.25, 0.3) is 0 Å². The van der Waals surface area contributed by atoms with Gasteiger partial charge in [-0.1, -0.05) is 12.1 Å². The van der Waals surface area contributed by atoms with Crippen LogP contribution in [0.15, 0.2) is 42.5 Å². The fourth-order valence-electron chi connectivity index (χ4n) is 2.34. The summed E-state index contributed by atoms with van der Waals surface area (Å²) in [6.07, 6.45) is 0. The first-order chi connectivity index (χ1) is 10.2. The summed E-state index contributed by atoms with van der Waals surface area (Å²) in [5.74, 6) is 1.62. The maximum Gasteiger partial charge on any atom is 0.125 e. The Morgan fingerprint density at radius 2 is 1.95 bits per heavy atom. The van der Waals surface area contributed by atoms with E-state index in [-0.39, 0.29) is 5.82 Å². The maximum atomic E-state index is 13.0. The lowest BCUT2D eigenvalue weighted by atomic mass is 10.2. The number of halogens is 2. The quantitative estimate of drug-likeness (QED) is 0.682. The van der Waals surface area contributed by atoms with Crippen LogP contribution in [0.3, 0.4) is 0 Å². The molecule has 21 heavy (non-hydrogen) atoms. The van der Waals surface area contributed by atoms with Gasteiger partial charge in [-0.2, -0.15) is 0 Å². The molecule has 108 valence electrons. The molecule has 3 nitrogen and oxygen atoms in total. The number of fused-ring (bicyclic) bond motifs is 1. The molecule has 0 fully saturated rings. The van der Waals surface area contributed by atoms with Crippen LogP contribution >= 0.6 is 11.6 Å². The largest absolute Gasteiger partial charge is 0.497 e. The summed E-state index contributed by atoms with van der Waals surface area (Å²) in [7, 11) is 1.62. The zero-order chi connectivity index (χ0) is 14.8. The van der Waals surface area contributed by atoms with Gasteiger partial charge in [0.2, 0.25) is 0 Å². The van der Waals surface area contributed by atoms with Crippen molar-refractivity contribution in [2.45, 2.75) is 12.4 Å². The average Bonchev–Trinajstić information content (AvgIpc) is 2.86. The fraction of sp³-hybridized carbons (Fsp3) is 0.188. The molecule has 0 aliphatic carbocycles. The number of imidazole rings is 1. The number of hydrogen-bond donors (Lipinski definition) is 0. The van der Waals surface area contributed by atoms with E-state index in [4.69, 9.17) is 16.3 Å². The molecule has 0 radical (unpaired) electrons. The van der Waals surface area contributed by atoms with E-state index in [9.17, 15) is 4.39 Å². The highest BCUT2D eigenvalue weighted by atomic mass is 35.5. The first kappa shape index (κ1) is 13.9. The minimum Gasteiger partial charge on any atom is -0.497 e. The third-order valence-corrected chi connectivity index (χ3v) is 3.65. The minimum atomic E-state index is -0.239. The van der Waals surface area contributed by atoms with Crippen LogP contribution in [0.5, 0.6) is 5.75 Å². The van der Waals surface area contributed by atoms with Gasteiger partial charge in [0.1, 0.15) is 17.4 Å². The Balaban J connectivity index is 2.05. The van der Waals surface area contributed by atoms with Crippen molar-refractivity contribution >= 4 is 22.6 Å². The molecule has 0 saturated carbocycles. The molecule has 0 aliphatic rings. The molecule has 3 rings (SSSR count). The van der Waals surface area contributed by atoms with E-state index in [1.54, 1.807) is 19.2 Å². The number of nitrogens with zero attached hydrogens (tertiary/aromatic N) is 2. The molecule has 0 saturated heterocycles. The van der Waals surface area contributed by atoms with Crippen molar-refractivity contribution in [1.82, 2.24) is 9.55 Å². The van der Waals surface area contributed by atoms with Crippen LogP contribution in [0, 0.1) is 5.82 Å². The van der Waals surface area contributed by atoms with Crippen molar-refractivity contribution in [3.8, 4) is 5.75 Å². The van der Waals surface area contributed by atoms with Gasteiger partial charge in [0, 0.05) is 12.6 Å². The van der Waals surface area contributed by atoms with Gasteiger partial charge in [-0.15, -0.1) is 11.6 Å². The topological polar surface area (TPSA) is 27.1 Å². The lowest BCUT2D eigenvalue weighted by molar-refractivity contribution is 0.415. The standard InChI is InChI=1S/C16H14ClFN2O/c1-21-13-6-7-15-14(8-13)19-16(9-17)20(15)10-11-2-4-12(18)5-3-11/h2-8H,9-10H2,1H3. The molecule has 0 N–H and O–H groups in total. The average molecular weight is 305 g/mol. The fourth-order valence-corrected chi connectivity index (χ4v) is 2.54. The molecule has 0 atom stereocenters. The first-order valence-corrected chi connectivity index (χ1v) is 7.08. The van der Waals surface area contributed by atoms with E-state index in [2.05, 4.69) is 4.98 Å². The summed E-state index contributed by atoms with van der Waals surface area (Å²) in [5.41, 5.74) is 2.82. The van der Waals surface area contributed by atoms with Crippen molar-refractivity contribution in [1.29, 1.82) is 0 Å². The van der Waals surface area contributed by atoms with E-state index >= 15 is 0 Å². The number of ether oxygens (including phenoxy) is 1. The number of hydrogen-bond acceptors (Lipinski definition) is 2. The van der Waals surface area contributed by atoms with Crippen LogP contribution in [0.25, 0.3) is 11.0 Å². The molecule has 1 aromatic heterocycles. The lowest BCUT2D eigenvalue weighted by Crippen LogP contribution is -2.03. The number of aromatic nitrogens is 2. The summed E-state index contributed by atoms with van der Waals surface area (Å²) < 4.78 is 20.2. The van der Waals surface area contributed by atoms with E-state index in [0.29, 0.717) is 12.4 Å². The van der Waals surface area contributed by atoms with Crippen LogP contribution < -0.4 is 4.74 Å². The van der Waals surface area contributed by atoms with Crippen LogP contribution in [0.1, 0.15) is 11.4 Å². The van der Waals surface area contributed by atoms with Gasteiger partial charge in [0.05, 0.1) is 24.0 Å². The highest BCUT2D eigenvalue weighted by Crippen LogP contribution is 2.23. The van der Waals surface area contributed by atoms with Gasteiger partial charge in [-0.3, -0.25) is 0 Å². The Morgan fingerprint density at radius 1 is 1.19 bits per heavy atom. The third kappa shape index (κ3) is 2.72. The van der Waals surface area contributed by atoms with E-state index in [0.717, 1.165) is 28.2 Å². The molecule has 0 amide bonds. The molecular formula is C16H14ClFN2O. The molecule has 0 bridgehead atoms. The molecule has 2 aromatic carbocycles. The van der Waals surface area contributed by atoms with Gasteiger partial charge >= 0.3 is 0 Å². The van der Waals surface area contributed by atoms with E-state index in [1.807, 2.05) is 22.8 Å². The van der Waals surface area contributed by atoms with Gasteiger partial charge < -0.3 is 9.30 Å². The zero-order valence-electron chi connectivity index (χ0n) is 11.5. The predicted octanol–water partition coefficient (Wildman–Crippen LogP) is 3.97. The second-order valence-corrected chi connectivity index (χ2v) is 5.00. The molecular weight excluding hydrogens is 291 g/mol. The zero-order valence-corrected chi connectivity index (χ0v) is 12.3. The summed E-state index contributed by atoms with van der Waals surface area (Å²) in [5, 5.41) is 0. The van der Waals surface area contributed by atoms with E-state index < -0.39 is 0 Å². The van der Waals surface area contributed by atoms with Crippen LogP contribution in [-0.4, -0.2) is 16.7 Å². The predicted molar refractivity (Wildman–Crippen MR) is 81.3 cm³/mol. The molecule has 5 heteroatoms. The molecule has 3 aromatic rings. The van der Waals surface area contributed by atoms with Gasteiger partial charge in [0.15, 0.2) is 0 Å². The van der Waals surface area contributed by atoms with Gasteiger partial charge in [-0.05, 0) is 29.8 Å². The van der Waals surface area contributed by atoms with Crippen molar-refractivity contribution < 1.29 is 9.13 Å². The number of rotatable bonds is 4. The third-order valence-electron chi connectivity index (χ3n) is 3.41. The maximum absolute atomic E-state index is 13.0. The Kier molecular flexibility index (Phi) is 3.80. The van der Waals surface area contributed by atoms with Crippen molar-refractivity contribution in [2.24, 2.45) is 0 Å². The normalized spacial score (nSPS) is 11.0. The monoisotopic (exact) mass is 304 g/mol. The summed E-state index contributed by atoms with van der Waals surface area (Å²) in [6.45, 7) is 0.602. The van der Waals surface area contributed by atoms with Gasteiger partial charge in [-0.25, -0.2) is 9.37 Å². The second-order valence-electron chi connectivity index (χ2n) is 4.73. The molecule has 0 unspecified atom stereocenters. The minimum absolute atomic E-state index is 0.239. The highest BCUT2D eigenvalue weighted by molar-refractivity contribution is 6.16. The smallest absolute Gasteiger partial charge is 0.125 e. The van der Waals surface area contributed by atoms with Crippen molar-refractivity contribution in [2.75, 3.05) is 7.11 Å². The SMILES string of the molecule is COc1ccc2c(c1)nc(CCl)n2Cc1ccc(F)cc1.